The zero-order chi connectivity index (χ0) is 10.7. The molecule has 0 bridgehead atoms. The van der Waals surface area contributed by atoms with E-state index in [0.29, 0.717) is 18.6 Å². The minimum Gasteiger partial charge on any atom is -0.497 e. The van der Waals surface area contributed by atoms with Crippen LogP contribution < -0.4 is 10.1 Å². The van der Waals surface area contributed by atoms with E-state index in [9.17, 15) is 4.79 Å². The minimum atomic E-state index is 0. The number of ether oxygens (including phenoxy) is 1. The van der Waals surface area contributed by atoms with Crippen molar-refractivity contribution in [1.29, 1.82) is 0 Å². The summed E-state index contributed by atoms with van der Waals surface area (Å²) in [6, 6.07) is 8.05. The molecule has 3 nitrogen and oxygen atoms in total. The molecule has 1 fully saturated rings. The zero-order valence-corrected chi connectivity index (χ0v) is 10.0. The SMILES string of the molecule is COc1ccc(C2CC(=O)CCN2)cc1.Cl. The van der Waals surface area contributed by atoms with Gasteiger partial charge < -0.3 is 10.1 Å². The van der Waals surface area contributed by atoms with Gasteiger partial charge in [0.25, 0.3) is 0 Å². The first-order valence-electron chi connectivity index (χ1n) is 5.18. The summed E-state index contributed by atoms with van der Waals surface area (Å²) in [5, 5.41) is 3.34. The molecule has 0 spiro atoms. The van der Waals surface area contributed by atoms with E-state index < -0.39 is 0 Å². The van der Waals surface area contributed by atoms with Gasteiger partial charge in [0.1, 0.15) is 11.5 Å². The maximum absolute atomic E-state index is 11.3. The molecule has 0 saturated carbocycles. The van der Waals surface area contributed by atoms with Gasteiger partial charge >= 0.3 is 0 Å². The van der Waals surface area contributed by atoms with Gasteiger partial charge in [-0.15, -0.1) is 12.4 Å². The van der Waals surface area contributed by atoms with Crippen molar-refractivity contribution in [3.05, 3.63) is 29.8 Å². The highest BCUT2D eigenvalue weighted by Crippen LogP contribution is 2.22. The van der Waals surface area contributed by atoms with Crippen LogP contribution in [0.1, 0.15) is 24.4 Å². The molecule has 0 aromatic heterocycles. The number of hydrogen-bond donors (Lipinski definition) is 1. The van der Waals surface area contributed by atoms with Gasteiger partial charge in [0.2, 0.25) is 0 Å². The summed E-state index contributed by atoms with van der Waals surface area (Å²) in [5.74, 6) is 1.19. The van der Waals surface area contributed by atoms with Crippen molar-refractivity contribution < 1.29 is 9.53 Å². The highest BCUT2D eigenvalue weighted by atomic mass is 35.5. The van der Waals surface area contributed by atoms with Crippen LogP contribution in [0.2, 0.25) is 0 Å². The Bertz CT molecular complexity index is 351. The lowest BCUT2D eigenvalue weighted by Gasteiger charge is -2.23. The van der Waals surface area contributed by atoms with E-state index >= 15 is 0 Å². The Hall–Kier alpha value is -1.06. The molecule has 1 N–H and O–H groups in total. The van der Waals surface area contributed by atoms with E-state index in [1.807, 2.05) is 24.3 Å². The largest absolute Gasteiger partial charge is 0.497 e. The standard InChI is InChI=1S/C12H15NO2.ClH/c1-15-11-4-2-9(3-5-11)12-8-10(14)6-7-13-12;/h2-5,12-13H,6-8H2,1H3;1H. The van der Waals surface area contributed by atoms with Crippen LogP contribution in [0.3, 0.4) is 0 Å². The third kappa shape index (κ3) is 2.97. The van der Waals surface area contributed by atoms with Gasteiger partial charge in [-0.05, 0) is 17.7 Å². The van der Waals surface area contributed by atoms with Crippen molar-refractivity contribution in [1.82, 2.24) is 5.32 Å². The van der Waals surface area contributed by atoms with Gasteiger partial charge in [-0.1, -0.05) is 12.1 Å². The van der Waals surface area contributed by atoms with E-state index in [1.54, 1.807) is 7.11 Å². The maximum atomic E-state index is 11.3. The molecule has 1 aliphatic heterocycles. The van der Waals surface area contributed by atoms with E-state index in [0.717, 1.165) is 17.9 Å². The fourth-order valence-electron chi connectivity index (χ4n) is 1.86. The molecule has 1 unspecified atom stereocenters. The van der Waals surface area contributed by atoms with Gasteiger partial charge in [0.05, 0.1) is 7.11 Å². The molecule has 0 aliphatic carbocycles. The number of carbonyl (C=O) groups is 1. The topological polar surface area (TPSA) is 38.3 Å². The Morgan fingerprint density at radius 1 is 1.31 bits per heavy atom. The van der Waals surface area contributed by atoms with Crippen molar-refractivity contribution >= 4 is 18.2 Å². The van der Waals surface area contributed by atoms with Gasteiger partial charge in [0.15, 0.2) is 0 Å². The van der Waals surface area contributed by atoms with Crippen LogP contribution in [-0.4, -0.2) is 19.4 Å². The lowest BCUT2D eigenvalue weighted by atomic mass is 9.97. The number of benzene rings is 1. The number of Topliss-reactive ketones (excluding diaryl/α,β-unsaturated/α-hetero) is 1. The van der Waals surface area contributed by atoms with Crippen LogP contribution >= 0.6 is 12.4 Å². The Labute approximate surface area is 102 Å². The molecule has 1 heterocycles. The second-order valence-corrected chi connectivity index (χ2v) is 3.77. The molecule has 88 valence electrons. The fraction of sp³-hybridized carbons (Fsp3) is 0.417. The van der Waals surface area contributed by atoms with E-state index in [1.165, 1.54) is 0 Å². The number of halogens is 1. The number of rotatable bonds is 2. The highest BCUT2D eigenvalue weighted by Gasteiger charge is 2.19. The minimum absolute atomic E-state index is 0. The van der Waals surface area contributed by atoms with E-state index in [2.05, 4.69) is 5.32 Å². The Balaban J connectivity index is 0.00000128. The molecule has 1 atom stereocenters. The van der Waals surface area contributed by atoms with Crippen LogP contribution in [0.4, 0.5) is 0 Å². The second kappa shape index (κ2) is 5.87. The number of methoxy groups -OCH3 is 1. The maximum Gasteiger partial charge on any atom is 0.136 e. The summed E-state index contributed by atoms with van der Waals surface area (Å²) < 4.78 is 5.09. The Morgan fingerprint density at radius 3 is 2.56 bits per heavy atom. The first-order chi connectivity index (χ1) is 7.29. The Kier molecular flexibility index (Phi) is 4.77. The molecule has 1 aromatic rings. The first-order valence-corrected chi connectivity index (χ1v) is 5.18. The normalized spacial score (nSPS) is 20.1. The quantitative estimate of drug-likeness (QED) is 0.862. The average molecular weight is 242 g/mol. The number of hydrogen-bond acceptors (Lipinski definition) is 3. The van der Waals surface area contributed by atoms with Crippen molar-refractivity contribution in [2.75, 3.05) is 13.7 Å². The van der Waals surface area contributed by atoms with Gasteiger partial charge in [-0.3, -0.25) is 4.79 Å². The van der Waals surface area contributed by atoms with Crippen molar-refractivity contribution in [2.24, 2.45) is 0 Å². The second-order valence-electron chi connectivity index (χ2n) is 3.77. The van der Waals surface area contributed by atoms with Crippen LogP contribution in [0.25, 0.3) is 0 Å². The molecule has 0 amide bonds. The predicted octanol–water partition coefficient (Wildman–Crippen LogP) is 2.11. The number of ketones is 1. The van der Waals surface area contributed by atoms with Crippen LogP contribution in [0.15, 0.2) is 24.3 Å². The average Bonchev–Trinajstić information content (AvgIpc) is 2.29. The Morgan fingerprint density at radius 2 is 2.00 bits per heavy atom. The molecule has 1 aromatic carbocycles. The third-order valence-electron chi connectivity index (χ3n) is 2.74. The van der Waals surface area contributed by atoms with Crippen molar-refractivity contribution in [3.8, 4) is 5.75 Å². The molecular formula is C12H16ClNO2. The summed E-state index contributed by atoms with van der Waals surface area (Å²) in [6.45, 7) is 0.787. The molecule has 0 radical (unpaired) electrons. The number of piperidine rings is 1. The van der Waals surface area contributed by atoms with Crippen LogP contribution in [0, 0.1) is 0 Å². The van der Waals surface area contributed by atoms with Crippen LogP contribution in [0.5, 0.6) is 5.75 Å². The van der Waals surface area contributed by atoms with Gasteiger partial charge in [0, 0.05) is 25.4 Å². The van der Waals surface area contributed by atoms with Crippen molar-refractivity contribution in [3.63, 3.8) is 0 Å². The van der Waals surface area contributed by atoms with Gasteiger partial charge in [-0.25, -0.2) is 0 Å². The van der Waals surface area contributed by atoms with Crippen molar-refractivity contribution in [2.45, 2.75) is 18.9 Å². The van der Waals surface area contributed by atoms with Gasteiger partial charge in [-0.2, -0.15) is 0 Å². The lowest BCUT2D eigenvalue weighted by Crippen LogP contribution is -2.31. The van der Waals surface area contributed by atoms with Crippen LogP contribution in [-0.2, 0) is 4.79 Å². The monoisotopic (exact) mass is 241 g/mol. The molecule has 2 rings (SSSR count). The molecule has 1 saturated heterocycles. The summed E-state index contributed by atoms with van der Waals surface area (Å²) in [7, 11) is 1.65. The summed E-state index contributed by atoms with van der Waals surface area (Å²) in [5.41, 5.74) is 1.16. The number of carbonyl (C=O) groups excluding carboxylic acids is 1. The molecule has 16 heavy (non-hydrogen) atoms. The molecule has 1 aliphatic rings. The summed E-state index contributed by atoms with van der Waals surface area (Å²) >= 11 is 0. The smallest absolute Gasteiger partial charge is 0.136 e. The summed E-state index contributed by atoms with van der Waals surface area (Å²) in [4.78, 5) is 11.3. The van der Waals surface area contributed by atoms with E-state index in [-0.39, 0.29) is 18.4 Å². The lowest BCUT2D eigenvalue weighted by molar-refractivity contribution is -0.120. The number of nitrogens with one attached hydrogen (secondary N) is 1. The summed E-state index contributed by atoms with van der Waals surface area (Å²) in [6.07, 6.45) is 1.26. The third-order valence-corrected chi connectivity index (χ3v) is 2.74. The predicted molar refractivity (Wildman–Crippen MR) is 65.2 cm³/mol. The first kappa shape index (κ1) is 13.0. The molecule has 4 heteroatoms. The zero-order valence-electron chi connectivity index (χ0n) is 9.23. The van der Waals surface area contributed by atoms with E-state index in [4.69, 9.17) is 4.74 Å². The highest BCUT2D eigenvalue weighted by molar-refractivity contribution is 5.85. The fourth-order valence-corrected chi connectivity index (χ4v) is 1.86. The molecular weight excluding hydrogens is 226 g/mol.